The molecule has 0 aliphatic heterocycles. The second-order valence-corrected chi connectivity index (χ2v) is 7.91. The molecule has 3 aliphatic rings. The SMILES string of the molecule is O=C(COC(=O)C[C@H]1C[C@H]2CC[C@H]1C2)NC1CCCCCCC1. The maximum absolute atomic E-state index is 12.0. The Morgan fingerprint density at radius 2 is 1.65 bits per heavy atom. The molecule has 0 radical (unpaired) electrons. The van der Waals surface area contributed by atoms with Crippen LogP contribution in [0.4, 0.5) is 0 Å². The number of esters is 1. The average molecular weight is 321 g/mol. The molecule has 0 aromatic heterocycles. The van der Waals surface area contributed by atoms with Gasteiger partial charge >= 0.3 is 5.97 Å². The van der Waals surface area contributed by atoms with Crippen molar-refractivity contribution in [2.24, 2.45) is 17.8 Å². The van der Waals surface area contributed by atoms with Gasteiger partial charge in [0.25, 0.3) is 5.91 Å². The van der Waals surface area contributed by atoms with E-state index < -0.39 is 0 Å². The van der Waals surface area contributed by atoms with Crippen molar-refractivity contribution < 1.29 is 14.3 Å². The van der Waals surface area contributed by atoms with Crippen molar-refractivity contribution in [3.05, 3.63) is 0 Å². The van der Waals surface area contributed by atoms with E-state index in [9.17, 15) is 9.59 Å². The van der Waals surface area contributed by atoms with Crippen LogP contribution in [0, 0.1) is 17.8 Å². The summed E-state index contributed by atoms with van der Waals surface area (Å²) in [6, 6.07) is 0.270. The molecule has 0 aromatic rings. The van der Waals surface area contributed by atoms with Gasteiger partial charge in [-0.3, -0.25) is 9.59 Å². The van der Waals surface area contributed by atoms with E-state index in [4.69, 9.17) is 4.74 Å². The Morgan fingerprint density at radius 3 is 2.30 bits per heavy atom. The first-order valence-electron chi connectivity index (χ1n) is 9.65. The Hall–Kier alpha value is -1.06. The van der Waals surface area contributed by atoms with E-state index >= 15 is 0 Å². The zero-order valence-electron chi connectivity index (χ0n) is 14.2. The normalized spacial score (nSPS) is 31.4. The third kappa shape index (κ3) is 4.95. The van der Waals surface area contributed by atoms with Crippen LogP contribution in [0.25, 0.3) is 0 Å². The number of hydrogen-bond donors (Lipinski definition) is 1. The lowest BCUT2D eigenvalue weighted by molar-refractivity contribution is -0.150. The van der Waals surface area contributed by atoms with Crippen LogP contribution < -0.4 is 5.32 Å². The molecule has 4 nitrogen and oxygen atoms in total. The van der Waals surface area contributed by atoms with Gasteiger partial charge in [0.05, 0.1) is 0 Å². The fourth-order valence-electron chi connectivity index (χ4n) is 4.92. The Kier molecular flexibility index (Phi) is 5.96. The Morgan fingerprint density at radius 1 is 0.913 bits per heavy atom. The molecule has 4 heteroatoms. The Balaban J connectivity index is 1.32. The Bertz CT molecular complexity index is 415. The van der Waals surface area contributed by atoms with Crippen molar-refractivity contribution in [3.8, 4) is 0 Å². The van der Waals surface area contributed by atoms with Gasteiger partial charge in [0.2, 0.25) is 0 Å². The molecular formula is C19H31NO3. The maximum atomic E-state index is 12.0. The highest BCUT2D eigenvalue weighted by molar-refractivity contribution is 5.80. The number of hydrogen-bond acceptors (Lipinski definition) is 3. The molecule has 0 unspecified atom stereocenters. The minimum absolute atomic E-state index is 0.101. The first-order chi connectivity index (χ1) is 11.2. The molecule has 0 aromatic carbocycles. The number of fused-ring (bicyclic) bond motifs is 2. The average Bonchev–Trinajstić information content (AvgIpc) is 3.10. The maximum Gasteiger partial charge on any atom is 0.306 e. The van der Waals surface area contributed by atoms with Crippen LogP contribution in [0.5, 0.6) is 0 Å². The van der Waals surface area contributed by atoms with Gasteiger partial charge in [0, 0.05) is 12.5 Å². The largest absolute Gasteiger partial charge is 0.456 e. The number of ether oxygens (including phenoxy) is 1. The van der Waals surface area contributed by atoms with Crippen LogP contribution in [0.3, 0.4) is 0 Å². The molecule has 2 bridgehead atoms. The minimum atomic E-state index is -0.185. The van der Waals surface area contributed by atoms with Gasteiger partial charge in [0.1, 0.15) is 0 Å². The number of rotatable bonds is 5. The molecule has 130 valence electrons. The van der Waals surface area contributed by atoms with Crippen LogP contribution in [0.15, 0.2) is 0 Å². The number of carbonyl (C=O) groups is 2. The van der Waals surface area contributed by atoms with Gasteiger partial charge in [-0.25, -0.2) is 0 Å². The second kappa shape index (κ2) is 8.16. The number of carbonyl (C=O) groups excluding carboxylic acids is 2. The topological polar surface area (TPSA) is 55.4 Å². The summed E-state index contributed by atoms with van der Waals surface area (Å²) in [7, 11) is 0. The first kappa shape index (κ1) is 16.8. The van der Waals surface area contributed by atoms with Crippen LogP contribution in [-0.4, -0.2) is 24.5 Å². The highest BCUT2D eigenvalue weighted by atomic mass is 16.5. The monoisotopic (exact) mass is 321 g/mol. The molecule has 1 N–H and O–H groups in total. The summed E-state index contributed by atoms with van der Waals surface area (Å²) in [5.41, 5.74) is 0. The summed E-state index contributed by atoms with van der Waals surface area (Å²) in [5, 5.41) is 3.05. The smallest absolute Gasteiger partial charge is 0.306 e. The van der Waals surface area contributed by atoms with Gasteiger partial charge < -0.3 is 10.1 Å². The van der Waals surface area contributed by atoms with E-state index in [1.807, 2.05) is 0 Å². The molecule has 3 saturated carbocycles. The molecule has 0 heterocycles. The summed E-state index contributed by atoms with van der Waals surface area (Å²) in [6.45, 7) is -0.101. The van der Waals surface area contributed by atoms with Gasteiger partial charge in [0.15, 0.2) is 6.61 Å². The third-order valence-electron chi connectivity index (χ3n) is 6.15. The summed E-state index contributed by atoms with van der Waals surface area (Å²) in [5.74, 6) is 1.78. The van der Waals surface area contributed by atoms with E-state index in [2.05, 4.69) is 5.32 Å². The summed E-state index contributed by atoms with van der Waals surface area (Å²) < 4.78 is 5.22. The highest BCUT2D eigenvalue weighted by Gasteiger charge is 2.40. The van der Waals surface area contributed by atoms with E-state index in [0.717, 1.165) is 24.7 Å². The molecule has 0 spiro atoms. The molecule has 1 amide bonds. The fraction of sp³-hybridized carbons (Fsp3) is 0.895. The molecule has 3 rings (SSSR count). The van der Waals surface area contributed by atoms with Gasteiger partial charge in [-0.05, 0) is 49.9 Å². The van der Waals surface area contributed by atoms with Crippen LogP contribution in [0.1, 0.15) is 77.0 Å². The molecule has 23 heavy (non-hydrogen) atoms. The summed E-state index contributed by atoms with van der Waals surface area (Å²) in [6.07, 6.45) is 14.0. The minimum Gasteiger partial charge on any atom is -0.456 e. The molecule has 0 saturated heterocycles. The number of nitrogens with one attached hydrogen (secondary N) is 1. The molecule has 3 fully saturated rings. The van der Waals surface area contributed by atoms with Crippen molar-refractivity contribution in [1.82, 2.24) is 5.32 Å². The van der Waals surface area contributed by atoms with Crippen molar-refractivity contribution in [2.75, 3.05) is 6.61 Å². The third-order valence-corrected chi connectivity index (χ3v) is 6.15. The van der Waals surface area contributed by atoms with Crippen molar-refractivity contribution >= 4 is 11.9 Å². The quantitative estimate of drug-likeness (QED) is 0.787. The van der Waals surface area contributed by atoms with Crippen molar-refractivity contribution in [2.45, 2.75) is 83.1 Å². The van der Waals surface area contributed by atoms with Crippen LogP contribution in [-0.2, 0) is 14.3 Å². The highest BCUT2D eigenvalue weighted by Crippen LogP contribution is 2.49. The zero-order valence-corrected chi connectivity index (χ0v) is 14.2. The lowest BCUT2D eigenvalue weighted by Gasteiger charge is -2.22. The Labute approximate surface area is 139 Å². The lowest BCUT2D eigenvalue weighted by Crippen LogP contribution is -2.38. The van der Waals surface area contributed by atoms with E-state index in [1.165, 1.54) is 57.8 Å². The van der Waals surface area contributed by atoms with Gasteiger partial charge in [-0.2, -0.15) is 0 Å². The van der Waals surface area contributed by atoms with Gasteiger partial charge in [-0.1, -0.05) is 38.5 Å². The molecular weight excluding hydrogens is 290 g/mol. The molecule has 3 atom stereocenters. The van der Waals surface area contributed by atoms with E-state index in [-0.39, 0.29) is 24.5 Å². The lowest BCUT2D eigenvalue weighted by atomic mass is 9.86. The molecule has 3 aliphatic carbocycles. The summed E-state index contributed by atoms with van der Waals surface area (Å²) in [4.78, 5) is 24.0. The van der Waals surface area contributed by atoms with Crippen molar-refractivity contribution in [1.29, 1.82) is 0 Å². The van der Waals surface area contributed by atoms with Crippen LogP contribution in [0.2, 0.25) is 0 Å². The predicted octanol–water partition coefficient (Wildman–Crippen LogP) is 3.59. The summed E-state index contributed by atoms with van der Waals surface area (Å²) >= 11 is 0. The zero-order chi connectivity index (χ0) is 16.1. The first-order valence-corrected chi connectivity index (χ1v) is 9.65. The van der Waals surface area contributed by atoms with E-state index in [0.29, 0.717) is 12.3 Å². The van der Waals surface area contributed by atoms with Gasteiger partial charge in [-0.15, -0.1) is 0 Å². The fourth-order valence-corrected chi connectivity index (χ4v) is 4.92. The standard InChI is InChI=1S/C19H31NO3/c21-18(20-17-6-4-2-1-3-5-7-17)13-23-19(22)12-16-11-14-8-9-15(16)10-14/h14-17H,1-13H2,(H,20,21)/t14-,15-,16+/m0/s1. The second-order valence-electron chi connectivity index (χ2n) is 7.91. The number of amides is 1. The van der Waals surface area contributed by atoms with E-state index in [1.54, 1.807) is 0 Å². The van der Waals surface area contributed by atoms with Crippen LogP contribution >= 0.6 is 0 Å². The predicted molar refractivity (Wildman–Crippen MR) is 88.8 cm³/mol. The van der Waals surface area contributed by atoms with Crippen molar-refractivity contribution in [3.63, 3.8) is 0 Å².